The van der Waals surface area contributed by atoms with Crippen LogP contribution in [0.2, 0.25) is 0 Å². The van der Waals surface area contributed by atoms with Crippen LogP contribution in [0.25, 0.3) is 10.6 Å². The molecule has 0 aliphatic heterocycles. The number of hydrogen-bond donors (Lipinski definition) is 2. The maximum Gasteiger partial charge on any atom is 0.320 e. The number of carboxylic acids is 1. The Labute approximate surface area is 210 Å². The van der Waals surface area contributed by atoms with E-state index in [0.29, 0.717) is 31.7 Å². The number of nitrogens with zero attached hydrogens (tertiary/aromatic N) is 1. The van der Waals surface area contributed by atoms with Crippen LogP contribution in [-0.4, -0.2) is 41.3 Å². The van der Waals surface area contributed by atoms with Gasteiger partial charge in [0, 0.05) is 29.8 Å². The number of esters is 1. The number of carboxylic acid groups (broad SMARTS) is 1. The van der Waals surface area contributed by atoms with Gasteiger partial charge in [0.25, 0.3) is 0 Å². The number of carbonyl (C=O) groups excluding carboxylic acids is 1. The van der Waals surface area contributed by atoms with E-state index >= 15 is 0 Å². The molecule has 1 heterocycles. The van der Waals surface area contributed by atoms with Crippen molar-refractivity contribution in [1.29, 1.82) is 0 Å². The van der Waals surface area contributed by atoms with Gasteiger partial charge >= 0.3 is 11.9 Å². The second kappa shape index (κ2) is 13.0. The average Bonchev–Trinajstić information content (AvgIpc) is 3.19. The van der Waals surface area contributed by atoms with Crippen molar-refractivity contribution in [2.24, 2.45) is 0 Å². The molecular formula is C27H32N2O5S. The first-order chi connectivity index (χ1) is 16.8. The summed E-state index contributed by atoms with van der Waals surface area (Å²) in [5.41, 5.74) is 3.95. The molecule has 186 valence electrons. The van der Waals surface area contributed by atoms with Gasteiger partial charge in [0.15, 0.2) is 0 Å². The summed E-state index contributed by atoms with van der Waals surface area (Å²) in [6.45, 7) is 6.64. The zero-order valence-electron chi connectivity index (χ0n) is 20.4. The molecule has 0 fully saturated rings. The van der Waals surface area contributed by atoms with Crippen molar-refractivity contribution in [3.63, 3.8) is 0 Å². The Balaban J connectivity index is 1.61. The van der Waals surface area contributed by atoms with Gasteiger partial charge in [-0.05, 0) is 50.5 Å². The maximum atomic E-state index is 11.8. The summed E-state index contributed by atoms with van der Waals surface area (Å²) < 4.78 is 11.2. The van der Waals surface area contributed by atoms with Crippen LogP contribution in [0.1, 0.15) is 42.0 Å². The molecule has 0 amide bonds. The molecule has 7 nitrogen and oxygen atoms in total. The number of aromatic nitrogens is 1. The van der Waals surface area contributed by atoms with E-state index in [2.05, 4.69) is 24.4 Å². The van der Waals surface area contributed by atoms with Crippen molar-refractivity contribution >= 4 is 23.3 Å². The molecule has 0 radical (unpaired) electrons. The van der Waals surface area contributed by atoms with Crippen molar-refractivity contribution < 1.29 is 24.2 Å². The number of aryl methyl sites for hydroxylation is 2. The average molecular weight is 497 g/mol. The van der Waals surface area contributed by atoms with Crippen LogP contribution in [0.15, 0.2) is 48.5 Å². The highest BCUT2D eigenvalue weighted by Crippen LogP contribution is 2.28. The largest absolute Gasteiger partial charge is 0.493 e. The fraction of sp³-hybridized carbons (Fsp3) is 0.370. The van der Waals surface area contributed by atoms with E-state index in [1.54, 1.807) is 25.2 Å². The molecule has 0 bridgehead atoms. The van der Waals surface area contributed by atoms with Gasteiger partial charge < -0.3 is 19.9 Å². The molecule has 8 heteroatoms. The van der Waals surface area contributed by atoms with Crippen molar-refractivity contribution in [2.45, 2.75) is 52.7 Å². The Kier molecular flexibility index (Phi) is 9.81. The minimum atomic E-state index is -0.849. The minimum absolute atomic E-state index is 0.0371. The van der Waals surface area contributed by atoms with Gasteiger partial charge in [0.1, 0.15) is 10.8 Å². The van der Waals surface area contributed by atoms with Crippen LogP contribution in [0.3, 0.4) is 0 Å². The van der Waals surface area contributed by atoms with E-state index in [-0.39, 0.29) is 25.0 Å². The summed E-state index contributed by atoms with van der Waals surface area (Å²) in [4.78, 5) is 28.8. The smallest absolute Gasteiger partial charge is 0.320 e. The van der Waals surface area contributed by atoms with E-state index in [0.717, 1.165) is 27.4 Å². The van der Waals surface area contributed by atoms with Gasteiger partial charge in [-0.2, -0.15) is 0 Å². The van der Waals surface area contributed by atoms with Crippen molar-refractivity contribution in [3.05, 3.63) is 70.2 Å². The fourth-order valence-corrected chi connectivity index (χ4v) is 4.54. The second-order valence-electron chi connectivity index (χ2n) is 8.45. The molecule has 0 saturated heterocycles. The van der Waals surface area contributed by atoms with Crippen LogP contribution < -0.4 is 10.1 Å². The molecule has 0 saturated carbocycles. The van der Waals surface area contributed by atoms with Crippen LogP contribution in [0.5, 0.6) is 5.75 Å². The molecule has 3 rings (SSSR count). The number of aliphatic carboxylic acids is 1. The third-order valence-electron chi connectivity index (χ3n) is 5.26. The molecule has 1 aromatic heterocycles. The normalized spacial score (nSPS) is 11.0. The summed E-state index contributed by atoms with van der Waals surface area (Å²) in [6.07, 6.45) is 0.959. The molecular weight excluding hydrogens is 464 g/mol. The third-order valence-corrected chi connectivity index (χ3v) is 6.32. The van der Waals surface area contributed by atoms with Gasteiger partial charge in [-0.15, -0.1) is 11.3 Å². The zero-order chi connectivity index (χ0) is 25.2. The van der Waals surface area contributed by atoms with Gasteiger partial charge in [-0.25, -0.2) is 4.98 Å². The predicted octanol–water partition coefficient (Wildman–Crippen LogP) is 4.80. The van der Waals surface area contributed by atoms with E-state index in [1.807, 2.05) is 36.4 Å². The highest BCUT2D eigenvalue weighted by molar-refractivity contribution is 7.15. The predicted molar refractivity (Wildman–Crippen MR) is 137 cm³/mol. The lowest BCUT2D eigenvalue weighted by Crippen LogP contribution is -2.26. The molecule has 0 aliphatic rings. The number of thiazole rings is 1. The first kappa shape index (κ1) is 26.4. The Bertz CT molecular complexity index is 1130. The molecule has 0 unspecified atom stereocenters. The van der Waals surface area contributed by atoms with E-state index in [9.17, 15) is 9.59 Å². The number of hydrogen-bond acceptors (Lipinski definition) is 7. The number of benzene rings is 2. The lowest BCUT2D eigenvalue weighted by molar-refractivity contribution is -0.146. The number of rotatable bonds is 13. The number of ether oxygens (including phenoxy) is 2. The van der Waals surface area contributed by atoms with Crippen molar-refractivity contribution in [3.8, 4) is 16.3 Å². The Hall–Kier alpha value is -3.23. The van der Waals surface area contributed by atoms with E-state index in [4.69, 9.17) is 19.6 Å². The SMILES string of the molecule is Cc1sc(-c2ccccc2)nc1CCOc1ccc(CCC(=O)O)c(CNCC(=O)OC(C)C)c1. The summed E-state index contributed by atoms with van der Waals surface area (Å²) in [6, 6.07) is 15.8. The third kappa shape index (κ3) is 8.49. The molecule has 2 N–H and O–H groups in total. The number of nitrogens with one attached hydrogen (secondary N) is 1. The topological polar surface area (TPSA) is 97.8 Å². The van der Waals surface area contributed by atoms with Crippen LogP contribution in [0.4, 0.5) is 0 Å². The van der Waals surface area contributed by atoms with E-state index in [1.165, 1.54) is 4.88 Å². The van der Waals surface area contributed by atoms with E-state index < -0.39 is 5.97 Å². The summed E-state index contributed by atoms with van der Waals surface area (Å²) in [5.74, 6) is -0.479. The Morgan fingerprint density at radius 1 is 1.09 bits per heavy atom. The molecule has 0 spiro atoms. The fourth-order valence-electron chi connectivity index (χ4n) is 3.58. The summed E-state index contributed by atoms with van der Waals surface area (Å²) >= 11 is 1.68. The summed E-state index contributed by atoms with van der Waals surface area (Å²) in [5, 5.41) is 13.2. The van der Waals surface area contributed by atoms with Crippen LogP contribution in [-0.2, 0) is 33.7 Å². The molecule has 0 atom stereocenters. The highest BCUT2D eigenvalue weighted by Gasteiger charge is 2.12. The Morgan fingerprint density at radius 2 is 1.86 bits per heavy atom. The van der Waals surface area contributed by atoms with Crippen LogP contribution in [0, 0.1) is 6.92 Å². The molecule has 2 aromatic carbocycles. The standard InChI is InChI=1S/C27H32N2O5S/c1-18(2)34-26(32)17-28-16-22-15-23(11-9-20(22)10-12-25(30)31)33-14-13-24-19(3)35-27(29-24)21-7-5-4-6-8-21/h4-9,11,15,18,28H,10,12-14,16-17H2,1-3H3,(H,30,31). The van der Waals surface area contributed by atoms with Crippen LogP contribution >= 0.6 is 11.3 Å². The second-order valence-corrected chi connectivity index (χ2v) is 9.66. The van der Waals surface area contributed by atoms with Gasteiger partial charge in [0.05, 0.1) is 24.9 Å². The molecule has 0 aliphatic carbocycles. The zero-order valence-corrected chi connectivity index (χ0v) is 21.2. The molecule has 3 aromatic rings. The van der Waals surface area contributed by atoms with Gasteiger partial charge in [0.2, 0.25) is 0 Å². The quantitative estimate of drug-likeness (QED) is 0.328. The first-order valence-electron chi connectivity index (χ1n) is 11.7. The number of carbonyl (C=O) groups is 2. The van der Waals surface area contributed by atoms with Crippen molar-refractivity contribution in [2.75, 3.05) is 13.2 Å². The van der Waals surface area contributed by atoms with Gasteiger partial charge in [-0.3, -0.25) is 9.59 Å². The monoisotopic (exact) mass is 496 g/mol. The Morgan fingerprint density at radius 3 is 2.57 bits per heavy atom. The lowest BCUT2D eigenvalue weighted by Gasteiger charge is -2.14. The highest BCUT2D eigenvalue weighted by atomic mass is 32.1. The van der Waals surface area contributed by atoms with Crippen molar-refractivity contribution in [1.82, 2.24) is 10.3 Å². The first-order valence-corrected chi connectivity index (χ1v) is 12.5. The summed E-state index contributed by atoms with van der Waals surface area (Å²) in [7, 11) is 0. The van der Waals surface area contributed by atoms with Gasteiger partial charge in [-0.1, -0.05) is 36.4 Å². The maximum absolute atomic E-state index is 11.8. The molecule has 35 heavy (non-hydrogen) atoms. The lowest BCUT2D eigenvalue weighted by atomic mass is 10.0. The minimum Gasteiger partial charge on any atom is -0.493 e.